The fourth-order valence-corrected chi connectivity index (χ4v) is 1.49. The van der Waals surface area contributed by atoms with E-state index in [4.69, 9.17) is 4.84 Å². The van der Waals surface area contributed by atoms with Crippen LogP contribution in [0.3, 0.4) is 0 Å². The summed E-state index contributed by atoms with van der Waals surface area (Å²) < 4.78 is 0. The van der Waals surface area contributed by atoms with Gasteiger partial charge in [-0.05, 0) is 5.56 Å². The minimum absolute atomic E-state index is 0.0416. The Kier molecular flexibility index (Phi) is 2.27. The molecule has 0 spiro atoms. The summed E-state index contributed by atoms with van der Waals surface area (Å²) in [4.78, 5) is 16.0. The maximum absolute atomic E-state index is 11.0. The van der Waals surface area contributed by atoms with E-state index in [0.717, 1.165) is 5.56 Å². The summed E-state index contributed by atoms with van der Waals surface area (Å²) in [5.41, 5.74) is 3.51. The fraction of sp³-hybridized carbons (Fsp3) is 0.300. The minimum atomic E-state index is -0.0416. The summed E-state index contributed by atoms with van der Waals surface area (Å²) in [5.74, 6) is 0.162. The molecule has 3 heteroatoms. The van der Waals surface area contributed by atoms with Gasteiger partial charge < -0.3 is 0 Å². The second kappa shape index (κ2) is 3.58. The number of nitrogens with one attached hydrogen (secondary N) is 1. The van der Waals surface area contributed by atoms with Crippen LogP contribution in [0.25, 0.3) is 0 Å². The largest absolute Gasteiger partial charge is 0.273 e. The van der Waals surface area contributed by atoms with E-state index in [-0.39, 0.29) is 11.8 Å². The van der Waals surface area contributed by atoms with Crippen molar-refractivity contribution in [3.8, 4) is 0 Å². The molecule has 1 aliphatic heterocycles. The van der Waals surface area contributed by atoms with E-state index in [1.54, 1.807) is 0 Å². The van der Waals surface area contributed by atoms with E-state index in [1.807, 2.05) is 30.3 Å². The van der Waals surface area contributed by atoms with Crippen molar-refractivity contribution in [2.45, 2.75) is 12.3 Å². The van der Waals surface area contributed by atoms with Crippen molar-refractivity contribution in [1.29, 1.82) is 0 Å². The van der Waals surface area contributed by atoms with Crippen molar-refractivity contribution < 1.29 is 9.63 Å². The Morgan fingerprint density at radius 2 is 2.08 bits per heavy atom. The number of carbonyl (C=O) groups is 1. The molecule has 2 rings (SSSR count). The topological polar surface area (TPSA) is 38.3 Å². The number of benzene rings is 1. The first-order valence-electron chi connectivity index (χ1n) is 4.32. The van der Waals surface area contributed by atoms with Crippen molar-refractivity contribution in [3.63, 3.8) is 0 Å². The van der Waals surface area contributed by atoms with Gasteiger partial charge in [-0.1, -0.05) is 30.3 Å². The standard InChI is InChI=1S/C10H11NO2/c12-10-6-9(7-13-11-10)8-4-2-1-3-5-8/h1-5,9H,6-7H2,(H,11,12)/t9-/m1/s1. The molecule has 1 N–H and O–H groups in total. The predicted molar refractivity (Wildman–Crippen MR) is 47.9 cm³/mol. The fourth-order valence-electron chi connectivity index (χ4n) is 1.49. The molecule has 0 unspecified atom stereocenters. The predicted octanol–water partition coefficient (Wildman–Crippen LogP) is 1.22. The van der Waals surface area contributed by atoms with Crippen molar-refractivity contribution in [2.75, 3.05) is 6.61 Å². The lowest BCUT2D eigenvalue weighted by Gasteiger charge is -2.21. The Hall–Kier alpha value is -1.35. The normalized spacial score (nSPS) is 22.5. The van der Waals surface area contributed by atoms with Crippen LogP contribution in [0.15, 0.2) is 30.3 Å². The van der Waals surface area contributed by atoms with Gasteiger partial charge in [-0.25, -0.2) is 5.48 Å². The van der Waals surface area contributed by atoms with Crippen LogP contribution >= 0.6 is 0 Å². The SMILES string of the molecule is O=C1C[C@@H](c2ccccc2)CON1. The van der Waals surface area contributed by atoms with Gasteiger partial charge in [-0.3, -0.25) is 9.63 Å². The number of rotatable bonds is 1. The number of carbonyl (C=O) groups excluding carboxylic acids is 1. The van der Waals surface area contributed by atoms with Gasteiger partial charge in [0, 0.05) is 12.3 Å². The molecule has 13 heavy (non-hydrogen) atoms. The highest BCUT2D eigenvalue weighted by atomic mass is 16.7. The maximum Gasteiger partial charge on any atom is 0.244 e. The highest BCUT2D eigenvalue weighted by Crippen LogP contribution is 2.21. The smallest absolute Gasteiger partial charge is 0.244 e. The Morgan fingerprint density at radius 3 is 2.77 bits per heavy atom. The highest BCUT2D eigenvalue weighted by molar-refractivity contribution is 5.76. The first-order valence-corrected chi connectivity index (χ1v) is 4.32. The van der Waals surface area contributed by atoms with Crippen molar-refractivity contribution in [2.24, 2.45) is 0 Å². The van der Waals surface area contributed by atoms with Crippen LogP contribution in [0.2, 0.25) is 0 Å². The molecule has 68 valence electrons. The summed E-state index contributed by atoms with van der Waals surface area (Å²) >= 11 is 0. The molecule has 1 heterocycles. The first kappa shape index (κ1) is 8.26. The Balaban J connectivity index is 2.13. The zero-order valence-corrected chi connectivity index (χ0v) is 7.19. The number of hydrogen-bond donors (Lipinski definition) is 1. The average Bonchev–Trinajstić information content (AvgIpc) is 2.19. The van der Waals surface area contributed by atoms with Gasteiger partial charge in [0.1, 0.15) is 0 Å². The van der Waals surface area contributed by atoms with Crippen molar-refractivity contribution in [3.05, 3.63) is 35.9 Å². The van der Waals surface area contributed by atoms with Gasteiger partial charge in [0.2, 0.25) is 5.91 Å². The van der Waals surface area contributed by atoms with Crippen molar-refractivity contribution >= 4 is 5.91 Å². The van der Waals surface area contributed by atoms with E-state index >= 15 is 0 Å². The molecule has 1 aromatic carbocycles. The van der Waals surface area contributed by atoms with Crippen LogP contribution in [0, 0.1) is 0 Å². The number of hydrogen-bond acceptors (Lipinski definition) is 2. The zero-order chi connectivity index (χ0) is 9.10. The summed E-state index contributed by atoms with van der Waals surface area (Å²) in [6.45, 7) is 0.565. The second-order valence-electron chi connectivity index (χ2n) is 3.15. The molecule has 1 saturated heterocycles. The van der Waals surface area contributed by atoms with Crippen LogP contribution < -0.4 is 5.48 Å². The molecule has 1 aliphatic rings. The van der Waals surface area contributed by atoms with Gasteiger partial charge in [0.05, 0.1) is 6.61 Å². The van der Waals surface area contributed by atoms with Crippen LogP contribution in [0.1, 0.15) is 17.9 Å². The lowest BCUT2D eigenvalue weighted by molar-refractivity contribution is -0.140. The first-order chi connectivity index (χ1) is 6.36. The van der Waals surface area contributed by atoms with Gasteiger partial charge in [0.25, 0.3) is 0 Å². The number of hydroxylamine groups is 1. The van der Waals surface area contributed by atoms with Gasteiger partial charge in [0.15, 0.2) is 0 Å². The molecule has 3 nitrogen and oxygen atoms in total. The molecule has 0 saturated carbocycles. The molecule has 1 atom stereocenters. The van der Waals surface area contributed by atoms with E-state index < -0.39 is 0 Å². The average molecular weight is 177 g/mol. The zero-order valence-electron chi connectivity index (χ0n) is 7.19. The molecule has 0 aromatic heterocycles. The third-order valence-corrected chi connectivity index (χ3v) is 2.17. The lowest BCUT2D eigenvalue weighted by atomic mass is 9.96. The summed E-state index contributed by atoms with van der Waals surface area (Å²) in [7, 11) is 0. The molecule has 0 bridgehead atoms. The van der Waals surface area contributed by atoms with Crippen LogP contribution in [0.5, 0.6) is 0 Å². The minimum Gasteiger partial charge on any atom is -0.273 e. The summed E-state index contributed by atoms with van der Waals surface area (Å²) in [5, 5.41) is 0. The lowest BCUT2D eigenvalue weighted by Crippen LogP contribution is -2.33. The quantitative estimate of drug-likeness (QED) is 0.700. The van der Waals surface area contributed by atoms with E-state index in [1.165, 1.54) is 0 Å². The maximum atomic E-state index is 11.0. The number of amides is 1. The van der Waals surface area contributed by atoms with Crippen LogP contribution in [0.4, 0.5) is 0 Å². The molecular weight excluding hydrogens is 166 g/mol. The van der Waals surface area contributed by atoms with Crippen LogP contribution in [-0.2, 0) is 9.63 Å². The Labute approximate surface area is 76.7 Å². The summed E-state index contributed by atoms with van der Waals surface area (Å²) in [6.07, 6.45) is 0.518. The van der Waals surface area contributed by atoms with E-state index in [2.05, 4.69) is 5.48 Å². The molecule has 1 fully saturated rings. The Morgan fingerprint density at radius 1 is 1.31 bits per heavy atom. The van der Waals surface area contributed by atoms with Gasteiger partial charge in [-0.2, -0.15) is 0 Å². The van der Waals surface area contributed by atoms with Gasteiger partial charge >= 0.3 is 0 Å². The molecular formula is C10H11NO2. The van der Waals surface area contributed by atoms with E-state index in [9.17, 15) is 4.79 Å². The van der Waals surface area contributed by atoms with E-state index in [0.29, 0.717) is 13.0 Å². The second-order valence-corrected chi connectivity index (χ2v) is 3.15. The van der Waals surface area contributed by atoms with Crippen LogP contribution in [-0.4, -0.2) is 12.5 Å². The molecule has 0 aliphatic carbocycles. The summed E-state index contributed by atoms with van der Waals surface area (Å²) in [6, 6.07) is 9.95. The molecule has 1 amide bonds. The Bertz CT molecular complexity index is 297. The highest BCUT2D eigenvalue weighted by Gasteiger charge is 2.20. The third-order valence-electron chi connectivity index (χ3n) is 2.17. The van der Waals surface area contributed by atoms with Gasteiger partial charge in [-0.15, -0.1) is 0 Å². The molecule has 1 aromatic rings. The molecule has 0 radical (unpaired) electrons. The third kappa shape index (κ3) is 1.87. The van der Waals surface area contributed by atoms with Crippen molar-refractivity contribution in [1.82, 2.24) is 5.48 Å². The monoisotopic (exact) mass is 177 g/mol.